The van der Waals surface area contributed by atoms with Gasteiger partial charge in [-0.2, -0.15) is 0 Å². The van der Waals surface area contributed by atoms with Gasteiger partial charge in [-0.05, 0) is 32.3 Å². The summed E-state index contributed by atoms with van der Waals surface area (Å²) in [6.07, 6.45) is 0.889. The van der Waals surface area contributed by atoms with E-state index in [4.69, 9.17) is 9.47 Å². The van der Waals surface area contributed by atoms with Crippen LogP contribution in [0.4, 0.5) is 0 Å². The maximum Gasteiger partial charge on any atom is 0.317 e. The average Bonchev–Trinajstić information content (AvgIpc) is 2.71. The van der Waals surface area contributed by atoms with E-state index in [-0.39, 0.29) is 30.6 Å². The zero-order valence-corrected chi connectivity index (χ0v) is 17.4. The normalized spacial score (nSPS) is 24.1. The van der Waals surface area contributed by atoms with Gasteiger partial charge in [0, 0.05) is 33.1 Å². The molecule has 0 radical (unpaired) electrons. The van der Waals surface area contributed by atoms with Crippen molar-refractivity contribution >= 4 is 17.8 Å². The van der Waals surface area contributed by atoms with Crippen LogP contribution < -0.4 is 0 Å². The Kier molecular flexibility index (Phi) is 6.57. The van der Waals surface area contributed by atoms with Gasteiger partial charge in [0.2, 0.25) is 5.91 Å². The first kappa shape index (κ1) is 21.3. The molecule has 29 heavy (non-hydrogen) atoms. The van der Waals surface area contributed by atoms with Crippen molar-refractivity contribution in [2.45, 2.75) is 51.2 Å². The average molecular weight is 402 g/mol. The highest BCUT2D eigenvalue weighted by Crippen LogP contribution is 2.37. The van der Waals surface area contributed by atoms with Gasteiger partial charge in [0.25, 0.3) is 5.91 Å². The number of hydrogen-bond donors (Lipinski definition) is 0. The Morgan fingerprint density at radius 2 is 1.62 bits per heavy atom. The van der Waals surface area contributed by atoms with E-state index in [1.807, 2.05) is 44.2 Å². The van der Waals surface area contributed by atoms with Gasteiger partial charge in [-0.3, -0.25) is 14.4 Å². The number of rotatable bonds is 4. The minimum atomic E-state index is -0.834. The molecule has 7 heteroatoms. The SMILES string of the molecule is CC(=O)N1CCC(C(=O)OCC(=O)N2C[C@@H](C)O[C@@H](C)C2)(c2ccccc2)CC1. The van der Waals surface area contributed by atoms with Crippen LogP contribution in [-0.4, -0.2) is 72.6 Å². The minimum Gasteiger partial charge on any atom is -0.455 e. The van der Waals surface area contributed by atoms with Gasteiger partial charge in [0.15, 0.2) is 6.61 Å². The van der Waals surface area contributed by atoms with Crippen molar-refractivity contribution in [2.75, 3.05) is 32.8 Å². The molecule has 2 aliphatic rings. The Bertz CT molecular complexity index is 733. The number of morpholine rings is 1. The number of carbonyl (C=O) groups is 3. The number of nitrogens with zero attached hydrogens (tertiary/aromatic N) is 2. The molecule has 0 bridgehead atoms. The van der Waals surface area contributed by atoms with Gasteiger partial charge in [0.1, 0.15) is 0 Å². The number of esters is 1. The summed E-state index contributed by atoms with van der Waals surface area (Å²) in [7, 11) is 0. The predicted octanol–water partition coefficient (Wildman–Crippen LogP) is 1.75. The highest BCUT2D eigenvalue weighted by Gasteiger charge is 2.45. The number of likely N-dealkylation sites (tertiary alicyclic amines) is 1. The predicted molar refractivity (Wildman–Crippen MR) is 107 cm³/mol. The lowest BCUT2D eigenvalue weighted by molar-refractivity contribution is -0.162. The Balaban J connectivity index is 1.69. The lowest BCUT2D eigenvalue weighted by Crippen LogP contribution is -2.51. The molecule has 1 aromatic carbocycles. The van der Waals surface area contributed by atoms with E-state index in [2.05, 4.69) is 0 Å². The number of amides is 2. The summed E-state index contributed by atoms with van der Waals surface area (Å²) in [4.78, 5) is 40.9. The van der Waals surface area contributed by atoms with Gasteiger partial charge in [-0.15, -0.1) is 0 Å². The molecular weight excluding hydrogens is 372 g/mol. The van der Waals surface area contributed by atoms with Crippen LogP contribution in [0.3, 0.4) is 0 Å². The van der Waals surface area contributed by atoms with E-state index in [9.17, 15) is 14.4 Å². The lowest BCUT2D eigenvalue weighted by atomic mass is 9.72. The number of carbonyl (C=O) groups excluding carboxylic acids is 3. The number of benzene rings is 1. The third kappa shape index (κ3) is 4.78. The summed E-state index contributed by atoms with van der Waals surface area (Å²) < 4.78 is 11.2. The van der Waals surface area contributed by atoms with E-state index < -0.39 is 11.4 Å². The second kappa shape index (κ2) is 8.95. The molecule has 0 aromatic heterocycles. The molecule has 2 atom stereocenters. The Morgan fingerprint density at radius 3 is 2.17 bits per heavy atom. The van der Waals surface area contributed by atoms with Crippen molar-refractivity contribution in [2.24, 2.45) is 0 Å². The molecule has 2 amide bonds. The van der Waals surface area contributed by atoms with Gasteiger partial charge in [0.05, 0.1) is 17.6 Å². The topological polar surface area (TPSA) is 76.2 Å². The first-order valence-corrected chi connectivity index (χ1v) is 10.2. The highest BCUT2D eigenvalue weighted by molar-refractivity contribution is 5.87. The van der Waals surface area contributed by atoms with Gasteiger partial charge < -0.3 is 19.3 Å². The second-order valence-corrected chi connectivity index (χ2v) is 8.09. The van der Waals surface area contributed by atoms with Crippen molar-refractivity contribution in [3.63, 3.8) is 0 Å². The van der Waals surface area contributed by atoms with Crippen molar-refractivity contribution in [3.8, 4) is 0 Å². The van der Waals surface area contributed by atoms with E-state index in [1.54, 1.807) is 9.80 Å². The molecule has 7 nitrogen and oxygen atoms in total. The summed E-state index contributed by atoms with van der Waals surface area (Å²) >= 11 is 0. The zero-order valence-electron chi connectivity index (χ0n) is 17.4. The third-order valence-electron chi connectivity index (χ3n) is 5.88. The number of piperidine rings is 1. The van der Waals surface area contributed by atoms with Crippen molar-refractivity contribution < 1.29 is 23.9 Å². The monoisotopic (exact) mass is 402 g/mol. The first-order chi connectivity index (χ1) is 13.8. The standard InChI is InChI=1S/C22H30N2O5/c1-16-13-24(14-17(2)29-16)20(26)15-28-21(27)22(19-7-5-4-6-8-19)9-11-23(12-10-22)18(3)25/h4-8,16-17H,9-15H2,1-3H3/t16-,17+. The summed E-state index contributed by atoms with van der Waals surface area (Å²) in [5.41, 5.74) is 0.0354. The molecule has 3 rings (SSSR count). The maximum absolute atomic E-state index is 13.2. The molecule has 1 aromatic rings. The number of hydrogen-bond acceptors (Lipinski definition) is 5. The minimum absolute atomic E-state index is 0.00534. The van der Waals surface area contributed by atoms with Crippen molar-refractivity contribution in [3.05, 3.63) is 35.9 Å². The van der Waals surface area contributed by atoms with Crippen molar-refractivity contribution in [1.82, 2.24) is 9.80 Å². The Labute approximate surface area is 171 Å². The fourth-order valence-electron chi connectivity index (χ4n) is 4.31. The van der Waals surface area contributed by atoms with Crippen LogP contribution in [-0.2, 0) is 29.3 Å². The first-order valence-electron chi connectivity index (χ1n) is 10.2. The molecule has 2 fully saturated rings. The molecule has 2 saturated heterocycles. The van der Waals surface area contributed by atoms with Crippen LogP contribution >= 0.6 is 0 Å². The smallest absolute Gasteiger partial charge is 0.317 e. The largest absolute Gasteiger partial charge is 0.455 e. The van der Waals surface area contributed by atoms with Crippen LogP contribution in [0, 0.1) is 0 Å². The summed E-state index contributed by atoms with van der Waals surface area (Å²) in [6.45, 7) is 7.10. The maximum atomic E-state index is 13.2. The highest BCUT2D eigenvalue weighted by atomic mass is 16.5. The van der Waals surface area contributed by atoms with Gasteiger partial charge in [-0.25, -0.2) is 0 Å². The molecule has 0 spiro atoms. The Morgan fingerprint density at radius 1 is 1.03 bits per heavy atom. The summed E-state index contributed by atoms with van der Waals surface area (Å²) in [6, 6.07) is 9.51. The molecule has 0 unspecified atom stereocenters. The molecule has 2 heterocycles. The second-order valence-electron chi connectivity index (χ2n) is 8.09. The number of ether oxygens (including phenoxy) is 2. The van der Waals surface area contributed by atoms with E-state index in [0.717, 1.165) is 5.56 Å². The van der Waals surface area contributed by atoms with E-state index >= 15 is 0 Å². The Hall–Kier alpha value is -2.41. The van der Waals surface area contributed by atoms with Crippen LogP contribution in [0.25, 0.3) is 0 Å². The van der Waals surface area contributed by atoms with E-state index in [1.165, 1.54) is 6.92 Å². The molecule has 2 aliphatic heterocycles. The molecule has 0 saturated carbocycles. The van der Waals surface area contributed by atoms with Gasteiger partial charge in [-0.1, -0.05) is 30.3 Å². The fourth-order valence-corrected chi connectivity index (χ4v) is 4.31. The summed E-state index contributed by atoms with van der Waals surface area (Å²) in [5, 5.41) is 0. The van der Waals surface area contributed by atoms with Gasteiger partial charge >= 0.3 is 5.97 Å². The lowest BCUT2D eigenvalue weighted by Gasteiger charge is -2.40. The van der Waals surface area contributed by atoms with Crippen LogP contribution in [0.1, 0.15) is 39.2 Å². The fraction of sp³-hybridized carbons (Fsp3) is 0.591. The van der Waals surface area contributed by atoms with Crippen molar-refractivity contribution in [1.29, 1.82) is 0 Å². The summed E-state index contributed by atoms with van der Waals surface area (Å²) in [5.74, 6) is -0.592. The van der Waals surface area contributed by atoms with Crippen LogP contribution in [0.15, 0.2) is 30.3 Å². The van der Waals surface area contributed by atoms with Crippen LogP contribution in [0.5, 0.6) is 0 Å². The van der Waals surface area contributed by atoms with Crippen LogP contribution in [0.2, 0.25) is 0 Å². The quantitative estimate of drug-likeness (QED) is 0.717. The molecule has 0 N–H and O–H groups in total. The van der Waals surface area contributed by atoms with E-state index in [0.29, 0.717) is 39.0 Å². The third-order valence-corrected chi connectivity index (χ3v) is 5.88. The molecule has 158 valence electrons. The molecular formula is C22H30N2O5. The zero-order chi connectivity index (χ0) is 21.0. The molecule has 0 aliphatic carbocycles.